The second kappa shape index (κ2) is 12.8. The molecule has 0 unspecified atom stereocenters. The number of methoxy groups -OCH3 is 1. The second-order valence-electron chi connectivity index (χ2n) is 12.3. The van der Waals surface area contributed by atoms with E-state index in [4.69, 9.17) is 9.72 Å². The summed E-state index contributed by atoms with van der Waals surface area (Å²) < 4.78 is 33.6. The number of amides is 1. The van der Waals surface area contributed by atoms with E-state index in [1.165, 1.54) is 23.5 Å². The molecule has 2 aromatic carbocycles. The Hall–Kier alpha value is -3.89. The van der Waals surface area contributed by atoms with Crippen molar-refractivity contribution in [2.75, 3.05) is 20.2 Å². The van der Waals surface area contributed by atoms with E-state index in [2.05, 4.69) is 19.2 Å². The number of aryl methyl sites for hydroxylation is 1. The third-order valence-corrected chi connectivity index (χ3v) is 9.62. The summed E-state index contributed by atoms with van der Waals surface area (Å²) in [6, 6.07) is 14.0. The van der Waals surface area contributed by atoms with Crippen molar-refractivity contribution in [3.05, 3.63) is 86.6 Å². The van der Waals surface area contributed by atoms with Crippen LogP contribution >= 0.6 is 11.3 Å². The molecule has 2 aliphatic rings. The first-order valence-corrected chi connectivity index (χ1v) is 16.4. The molecule has 45 heavy (non-hydrogen) atoms. The molecular formula is C35H38F2N4O3S. The molecule has 2 fully saturated rings. The van der Waals surface area contributed by atoms with Crippen molar-refractivity contribution in [3.63, 3.8) is 0 Å². The molecule has 0 spiro atoms. The minimum Gasteiger partial charge on any atom is -0.497 e. The van der Waals surface area contributed by atoms with Crippen LogP contribution in [0.3, 0.4) is 0 Å². The first-order valence-electron chi connectivity index (χ1n) is 15.5. The zero-order valence-corrected chi connectivity index (χ0v) is 26.8. The molecule has 1 amide bonds. The highest BCUT2D eigenvalue weighted by Gasteiger charge is 2.36. The average molecular weight is 633 g/mol. The lowest BCUT2D eigenvalue weighted by Crippen LogP contribution is -2.53. The van der Waals surface area contributed by atoms with Gasteiger partial charge >= 0.3 is 0 Å². The normalized spacial score (nSPS) is 17.8. The number of likely N-dealkylation sites (tertiary alicyclic amines) is 1. The van der Waals surface area contributed by atoms with Crippen LogP contribution in [0, 0.1) is 5.92 Å². The number of fused-ring (bicyclic) bond motifs is 2. The zero-order valence-electron chi connectivity index (χ0n) is 26.0. The zero-order chi connectivity index (χ0) is 31.8. The van der Waals surface area contributed by atoms with Crippen LogP contribution in [0.25, 0.3) is 27.5 Å². The van der Waals surface area contributed by atoms with Gasteiger partial charge in [0.25, 0.3) is 17.9 Å². The maximum atomic E-state index is 14.6. The number of thiazole rings is 1. The van der Waals surface area contributed by atoms with Gasteiger partial charge in [0.15, 0.2) is 0 Å². The first kappa shape index (κ1) is 31.1. The summed E-state index contributed by atoms with van der Waals surface area (Å²) in [5.41, 5.74) is 4.08. The van der Waals surface area contributed by atoms with Crippen LogP contribution in [0.1, 0.15) is 67.2 Å². The summed E-state index contributed by atoms with van der Waals surface area (Å²) in [5.74, 6) is 0.704. The molecule has 2 atom stereocenters. The van der Waals surface area contributed by atoms with Gasteiger partial charge in [-0.15, -0.1) is 11.3 Å². The summed E-state index contributed by atoms with van der Waals surface area (Å²) in [7, 11) is 1.59. The van der Waals surface area contributed by atoms with Gasteiger partial charge in [-0.3, -0.25) is 14.2 Å². The maximum Gasteiger partial charge on any atom is 0.265 e. The molecule has 236 valence electrons. The van der Waals surface area contributed by atoms with Crippen LogP contribution in [0.5, 0.6) is 5.75 Å². The van der Waals surface area contributed by atoms with Gasteiger partial charge in [-0.1, -0.05) is 51.1 Å². The van der Waals surface area contributed by atoms with Crippen molar-refractivity contribution >= 4 is 17.2 Å². The number of hydrogen-bond donors (Lipinski definition) is 1. The lowest BCUT2D eigenvalue weighted by molar-refractivity contribution is 0.0695. The van der Waals surface area contributed by atoms with Gasteiger partial charge in [-0.2, -0.15) is 0 Å². The summed E-state index contributed by atoms with van der Waals surface area (Å²) >= 11 is 1.30. The minimum atomic E-state index is -2.56. The van der Waals surface area contributed by atoms with Crippen molar-refractivity contribution in [2.24, 2.45) is 5.92 Å². The smallest absolute Gasteiger partial charge is 0.265 e. The van der Waals surface area contributed by atoms with Crippen molar-refractivity contribution in [1.29, 1.82) is 0 Å². The van der Waals surface area contributed by atoms with Gasteiger partial charge in [0.1, 0.15) is 10.8 Å². The van der Waals surface area contributed by atoms with Crippen LogP contribution in [-0.2, 0) is 12.8 Å². The molecule has 4 heterocycles. The molecule has 2 saturated heterocycles. The van der Waals surface area contributed by atoms with Crippen LogP contribution in [0.2, 0.25) is 0 Å². The van der Waals surface area contributed by atoms with E-state index >= 15 is 0 Å². The van der Waals surface area contributed by atoms with Crippen LogP contribution in [0.4, 0.5) is 8.78 Å². The maximum absolute atomic E-state index is 14.6. The number of carbonyl (C=O) groups is 1. The number of alkyl halides is 2. The van der Waals surface area contributed by atoms with E-state index in [9.17, 15) is 18.4 Å². The number of halogens is 2. The molecule has 2 aliphatic heterocycles. The number of hydrogen-bond acceptors (Lipinski definition) is 6. The van der Waals surface area contributed by atoms with Gasteiger partial charge < -0.3 is 15.0 Å². The number of carbonyl (C=O) groups excluding carboxylic acids is 1. The molecule has 2 aromatic heterocycles. The quantitative estimate of drug-likeness (QED) is 0.217. The summed E-state index contributed by atoms with van der Waals surface area (Å²) in [6.07, 6.45) is 0.732. The predicted molar refractivity (Wildman–Crippen MR) is 174 cm³/mol. The van der Waals surface area contributed by atoms with Gasteiger partial charge in [-0.25, -0.2) is 13.8 Å². The standard InChI is InChI=1S/C35H38F2N4O3S/c1-5-21-10-13-26(44-4)15-30(21)41-31(14-20(2)3)27(34(42)40-17-24-11-12-25(18-40)38-24)16-28(35(41)43)33-39-29(19-45-33)22-6-8-23(9-7-22)32(36)37/h6-10,13,15-16,19-20,24-25,32,38H,5,11-12,14,17-18H2,1-4H3/t24-,25+. The second-order valence-corrected chi connectivity index (χ2v) is 13.2. The summed E-state index contributed by atoms with van der Waals surface area (Å²) in [6.45, 7) is 7.46. The Labute approximate surface area is 265 Å². The Morgan fingerprint density at radius 2 is 1.80 bits per heavy atom. The van der Waals surface area contributed by atoms with Gasteiger partial charge in [-0.05, 0) is 49.3 Å². The molecule has 1 N–H and O–H groups in total. The Morgan fingerprint density at radius 1 is 1.09 bits per heavy atom. The van der Waals surface area contributed by atoms with Crippen LogP contribution in [-0.4, -0.2) is 52.6 Å². The molecular weight excluding hydrogens is 594 g/mol. The third kappa shape index (κ3) is 6.18. The molecule has 7 nitrogen and oxygen atoms in total. The molecule has 2 bridgehead atoms. The Bertz CT molecular complexity index is 1750. The number of pyridine rings is 1. The van der Waals surface area contributed by atoms with E-state index < -0.39 is 6.43 Å². The molecule has 0 radical (unpaired) electrons. The fraction of sp³-hybridized carbons (Fsp3) is 0.400. The lowest BCUT2D eigenvalue weighted by Gasteiger charge is -2.34. The van der Waals surface area contributed by atoms with Crippen molar-refractivity contribution in [2.45, 2.75) is 65.0 Å². The lowest BCUT2D eigenvalue weighted by atomic mass is 9.98. The Balaban J connectivity index is 1.55. The Morgan fingerprint density at radius 3 is 2.42 bits per heavy atom. The molecule has 4 aromatic rings. The molecule has 10 heteroatoms. The van der Waals surface area contributed by atoms with Gasteiger partial charge in [0.05, 0.1) is 29.6 Å². The van der Waals surface area contributed by atoms with Crippen molar-refractivity contribution in [1.82, 2.24) is 19.8 Å². The number of nitrogens with zero attached hydrogens (tertiary/aromatic N) is 3. The number of ether oxygens (including phenoxy) is 1. The predicted octanol–water partition coefficient (Wildman–Crippen LogP) is 6.91. The molecule has 0 saturated carbocycles. The van der Waals surface area contributed by atoms with Gasteiger partial charge in [0, 0.05) is 53.4 Å². The fourth-order valence-electron chi connectivity index (χ4n) is 6.47. The number of aromatic nitrogens is 2. The number of piperazine rings is 1. The SMILES string of the molecule is CCc1ccc(OC)cc1-n1c(CC(C)C)c(C(=O)N2C[C@H]3CC[C@@H](C2)N3)cc(-c2nc(-c3ccc(C(F)F)cc3)cs2)c1=O. The average Bonchev–Trinajstić information content (AvgIpc) is 3.66. The van der Waals surface area contributed by atoms with E-state index in [1.807, 2.05) is 35.4 Å². The van der Waals surface area contributed by atoms with Crippen molar-refractivity contribution in [3.8, 4) is 33.3 Å². The summed E-state index contributed by atoms with van der Waals surface area (Å²) in [5, 5.41) is 5.88. The highest BCUT2D eigenvalue weighted by Crippen LogP contribution is 2.33. The van der Waals surface area contributed by atoms with E-state index in [-0.39, 0.29) is 35.0 Å². The van der Waals surface area contributed by atoms with E-state index in [0.29, 0.717) is 70.5 Å². The highest BCUT2D eigenvalue weighted by atomic mass is 32.1. The van der Waals surface area contributed by atoms with Gasteiger partial charge in [0.2, 0.25) is 0 Å². The number of nitrogens with one attached hydrogen (secondary N) is 1. The van der Waals surface area contributed by atoms with Crippen molar-refractivity contribution < 1.29 is 18.3 Å². The summed E-state index contributed by atoms with van der Waals surface area (Å²) in [4.78, 5) is 35.8. The first-order chi connectivity index (χ1) is 21.7. The topological polar surface area (TPSA) is 76.5 Å². The third-order valence-electron chi connectivity index (χ3n) is 8.75. The fourth-order valence-corrected chi connectivity index (χ4v) is 7.31. The van der Waals surface area contributed by atoms with Crippen LogP contribution in [0.15, 0.2) is 58.7 Å². The highest BCUT2D eigenvalue weighted by molar-refractivity contribution is 7.13. The Kier molecular flexibility index (Phi) is 8.88. The molecule has 0 aliphatic carbocycles. The van der Waals surface area contributed by atoms with E-state index in [1.54, 1.807) is 29.9 Å². The molecule has 6 rings (SSSR count). The largest absolute Gasteiger partial charge is 0.497 e. The minimum absolute atomic E-state index is 0.0626. The van der Waals surface area contributed by atoms with Crippen LogP contribution < -0.4 is 15.6 Å². The monoisotopic (exact) mass is 632 g/mol. The number of rotatable bonds is 9. The van der Waals surface area contributed by atoms with E-state index in [0.717, 1.165) is 18.4 Å². The number of benzene rings is 2.